The summed E-state index contributed by atoms with van der Waals surface area (Å²) in [5, 5.41) is 27.2. The maximum Gasteiger partial charge on any atom is 0.349 e. The number of carboxylic acid groups (broad SMARTS) is 2. The van der Waals surface area contributed by atoms with Gasteiger partial charge in [0.15, 0.2) is 17.3 Å². The maximum absolute atomic E-state index is 12.9. The molecule has 2 aromatic carbocycles. The first-order chi connectivity index (χ1) is 22.4. The summed E-state index contributed by atoms with van der Waals surface area (Å²) < 4.78 is 13.6. The lowest BCUT2D eigenvalue weighted by Gasteiger charge is -2.20. The third-order valence-corrected chi connectivity index (χ3v) is 6.85. The molecule has 1 aliphatic rings. The minimum atomic E-state index is -0.833. The Balaban J connectivity index is 0.000000676. The highest BCUT2D eigenvalue weighted by atomic mass is 16.5. The lowest BCUT2D eigenvalue weighted by atomic mass is 9.90. The van der Waals surface area contributed by atoms with Gasteiger partial charge < -0.3 is 30.3 Å². The summed E-state index contributed by atoms with van der Waals surface area (Å²) in [6.45, 7) is 6.48. The Kier molecular flexibility index (Phi) is 13.2. The summed E-state index contributed by atoms with van der Waals surface area (Å²) in [5.41, 5.74) is 7.86. The summed E-state index contributed by atoms with van der Waals surface area (Å²) in [6, 6.07) is 18.8. The number of aromatic amines is 1. The van der Waals surface area contributed by atoms with E-state index in [4.69, 9.17) is 40.4 Å². The number of likely N-dealkylation sites (N-methyl/N-ethyl adjacent to an activating group) is 1. The van der Waals surface area contributed by atoms with E-state index in [0.29, 0.717) is 41.7 Å². The third kappa shape index (κ3) is 11.1. The van der Waals surface area contributed by atoms with Gasteiger partial charge >= 0.3 is 5.69 Å². The van der Waals surface area contributed by atoms with Crippen LogP contribution in [0.2, 0.25) is 0 Å². The average Bonchev–Trinajstić information content (AvgIpc) is 3.61. The molecule has 14 nitrogen and oxygen atoms in total. The quantitative estimate of drug-likeness (QED) is 0.125. The van der Waals surface area contributed by atoms with Crippen LogP contribution in [0, 0.1) is 5.41 Å². The van der Waals surface area contributed by atoms with Crippen LogP contribution in [0.25, 0.3) is 5.82 Å². The fraction of sp³-hybridized carbons (Fsp3) is 0.333. The number of aliphatic carboxylic acids is 2. The molecule has 0 radical (unpaired) electrons. The van der Waals surface area contributed by atoms with Crippen LogP contribution in [-0.4, -0.2) is 85.5 Å². The molecule has 0 bridgehead atoms. The number of likely N-dealkylation sites (tertiary alicyclic amines) is 1. The summed E-state index contributed by atoms with van der Waals surface area (Å²) in [6.07, 6.45) is 3.25. The van der Waals surface area contributed by atoms with Crippen molar-refractivity contribution < 1.29 is 29.3 Å². The molecule has 1 saturated heterocycles. The second kappa shape index (κ2) is 17.3. The Morgan fingerprint density at radius 3 is 2.32 bits per heavy atom. The van der Waals surface area contributed by atoms with Crippen molar-refractivity contribution in [2.75, 3.05) is 26.7 Å². The number of nitrogens with zero attached hydrogens (tertiary/aromatic N) is 4. The number of aromatic nitrogens is 4. The SMILES string of the molecule is CC(=O)O.CC(=O)O.CCOc1cc(C(Cc2ccc(C(=N)N)cc2)c2nn(-c3ccccn3)c(=O)[nH]2)ccc1OC1CCN(C)C1. The second-order valence-corrected chi connectivity index (χ2v) is 10.8. The highest BCUT2D eigenvalue weighted by Gasteiger charge is 2.25. The molecule has 0 spiro atoms. The average molecular weight is 648 g/mol. The van der Waals surface area contributed by atoms with Crippen molar-refractivity contribution in [3.63, 3.8) is 0 Å². The fourth-order valence-corrected chi connectivity index (χ4v) is 4.84. The van der Waals surface area contributed by atoms with E-state index in [9.17, 15) is 4.79 Å². The summed E-state index contributed by atoms with van der Waals surface area (Å²) >= 11 is 0. The van der Waals surface area contributed by atoms with Gasteiger partial charge in [0.25, 0.3) is 11.9 Å². The minimum Gasteiger partial charge on any atom is -0.490 e. The van der Waals surface area contributed by atoms with E-state index >= 15 is 0 Å². The van der Waals surface area contributed by atoms with E-state index in [1.54, 1.807) is 18.3 Å². The van der Waals surface area contributed by atoms with Crippen LogP contribution >= 0.6 is 0 Å². The summed E-state index contributed by atoms with van der Waals surface area (Å²) in [4.78, 5) is 40.4. The van der Waals surface area contributed by atoms with Gasteiger partial charge in [0, 0.05) is 44.6 Å². The van der Waals surface area contributed by atoms with Crippen LogP contribution in [0.15, 0.2) is 71.7 Å². The number of nitrogens with two attached hydrogens (primary N) is 1. The molecule has 1 aliphatic heterocycles. The molecule has 0 aliphatic carbocycles. The number of pyridine rings is 1. The number of amidine groups is 1. The first-order valence-electron chi connectivity index (χ1n) is 14.9. The molecule has 14 heteroatoms. The predicted molar refractivity (Wildman–Crippen MR) is 176 cm³/mol. The Morgan fingerprint density at radius 1 is 1.09 bits per heavy atom. The highest BCUT2D eigenvalue weighted by Crippen LogP contribution is 2.35. The van der Waals surface area contributed by atoms with Crippen LogP contribution in [0.5, 0.6) is 11.5 Å². The Labute approximate surface area is 272 Å². The molecule has 5 rings (SSSR count). The third-order valence-electron chi connectivity index (χ3n) is 6.85. The number of nitrogens with one attached hydrogen (secondary N) is 2. The number of ether oxygens (including phenoxy) is 2. The number of benzene rings is 2. The van der Waals surface area contributed by atoms with Gasteiger partial charge in [0.05, 0.1) is 6.61 Å². The lowest BCUT2D eigenvalue weighted by molar-refractivity contribution is -0.135. The normalized spacial score (nSPS) is 14.5. The Bertz CT molecular complexity index is 1670. The van der Waals surface area contributed by atoms with Crippen molar-refractivity contribution in [1.82, 2.24) is 24.6 Å². The topological polar surface area (TPSA) is 210 Å². The molecule has 0 amide bonds. The molecule has 4 aromatic rings. The van der Waals surface area contributed by atoms with Crippen LogP contribution in [-0.2, 0) is 16.0 Å². The molecule has 2 aromatic heterocycles. The molecule has 1 fully saturated rings. The zero-order chi connectivity index (χ0) is 34.5. The van der Waals surface area contributed by atoms with E-state index in [1.165, 1.54) is 4.68 Å². The first kappa shape index (κ1) is 36.0. The van der Waals surface area contributed by atoms with Crippen molar-refractivity contribution in [2.24, 2.45) is 5.73 Å². The Morgan fingerprint density at radius 2 is 1.77 bits per heavy atom. The number of H-pyrrole nitrogens is 1. The lowest BCUT2D eigenvalue weighted by Crippen LogP contribution is -2.21. The molecule has 2 unspecified atom stereocenters. The molecule has 250 valence electrons. The zero-order valence-electron chi connectivity index (χ0n) is 26.8. The van der Waals surface area contributed by atoms with Crippen molar-refractivity contribution in [3.8, 4) is 17.3 Å². The molecule has 6 N–H and O–H groups in total. The van der Waals surface area contributed by atoms with Gasteiger partial charge in [-0.15, -0.1) is 5.10 Å². The number of carbonyl (C=O) groups is 2. The molecular formula is C33H41N7O7. The van der Waals surface area contributed by atoms with Crippen molar-refractivity contribution >= 4 is 17.8 Å². The van der Waals surface area contributed by atoms with Crippen LogP contribution in [0.3, 0.4) is 0 Å². The largest absolute Gasteiger partial charge is 0.490 e. The van der Waals surface area contributed by atoms with Gasteiger partial charge in [-0.05, 0) is 62.2 Å². The summed E-state index contributed by atoms with van der Waals surface area (Å²) in [5.74, 6) is 0.370. The van der Waals surface area contributed by atoms with Gasteiger partial charge in [-0.3, -0.25) is 20.0 Å². The fourth-order valence-electron chi connectivity index (χ4n) is 4.84. The monoisotopic (exact) mass is 647 g/mol. The van der Waals surface area contributed by atoms with Gasteiger partial charge in [-0.1, -0.05) is 36.4 Å². The number of hydrogen-bond acceptors (Lipinski definition) is 9. The van der Waals surface area contributed by atoms with Crippen molar-refractivity contribution in [3.05, 3.63) is 99.9 Å². The standard InChI is InChI=1S/C29H33N7O3.2C2H4O2/c1-3-38-25-17-21(11-12-24(25)39-22-13-15-35(2)18-22)23(16-19-7-9-20(10-8-19)27(30)31)28-33-29(37)36(34-28)26-6-4-5-14-32-26;2*1-2(3)4/h4-12,14,17,22-23H,3,13,15-16,18H2,1-2H3,(H3,30,31)(H,33,34,37);2*1H3,(H,3,4). The maximum atomic E-state index is 12.9. The number of nitrogen functional groups attached to an aromatic ring is 1. The van der Waals surface area contributed by atoms with Gasteiger partial charge in [0.1, 0.15) is 17.8 Å². The van der Waals surface area contributed by atoms with E-state index < -0.39 is 11.9 Å². The van der Waals surface area contributed by atoms with E-state index in [1.807, 2.05) is 55.5 Å². The van der Waals surface area contributed by atoms with E-state index in [2.05, 4.69) is 27.0 Å². The summed E-state index contributed by atoms with van der Waals surface area (Å²) in [7, 11) is 2.09. The van der Waals surface area contributed by atoms with E-state index in [0.717, 1.165) is 44.5 Å². The smallest absolute Gasteiger partial charge is 0.349 e. The predicted octanol–water partition coefficient (Wildman–Crippen LogP) is 3.28. The zero-order valence-corrected chi connectivity index (χ0v) is 26.8. The van der Waals surface area contributed by atoms with Crippen LogP contribution in [0.1, 0.15) is 55.6 Å². The molecule has 0 saturated carbocycles. The van der Waals surface area contributed by atoms with Gasteiger partial charge in [-0.25, -0.2) is 9.78 Å². The second-order valence-electron chi connectivity index (χ2n) is 10.8. The first-order valence-corrected chi connectivity index (χ1v) is 14.9. The highest BCUT2D eigenvalue weighted by molar-refractivity contribution is 5.94. The molecule has 3 heterocycles. The van der Waals surface area contributed by atoms with Crippen molar-refractivity contribution in [1.29, 1.82) is 5.41 Å². The van der Waals surface area contributed by atoms with E-state index in [-0.39, 0.29) is 23.5 Å². The van der Waals surface area contributed by atoms with Crippen LogP contribution in [0.4, 0.5) is 0 Å². The Hall–Kier alpha value is -5.50. The van der Waals surface area contributed by atoms with Crippen molar-refractivity contribution in [2.45, 2.75) is 45.6 Å². The molecular weight excluding hydrogens is 606 g/mol. The number of rotatable bonds is 10. The van der Waals surface area contributed by atoms with Crippen LogP contribution < -0.4 is 20.9 Å². The number of carboxylic acids is 2. The molecule has 47 heavy (non-hydrogen) atoms. The number of hydrogen-bond donors (Lipinski definition) is 5. The minimum absolute atomic E-state index is 0.0157. The molecule has 2 atom stereocenters. The van der Waals surface area contributed by atoms with Gasteiger partial charge in [-0.2, -0.15) is 4.68 Å². The van der Waals surface area contributed by atoms with Gasteiger partial charge in [0.2, 0.25) is 0 Å².